The number of carbonyl (C=O) groups excluding carboxylic acids is 2. The first-order valence-corrected chi connectivity index (χ1v) is 12.7. The van der Waals surface area contributed by atoms with Gasteiger partial charge < -0.3 is 5.32 Å². The lowest BCUT2D eigenvalue weighted by Crippen LogP contribution is -2.52. The number of Topliss-reactive ketones (excluding diaryl/α,β-unsaturated/α-hetero) is 1. The van der Waals surface area contributed by atoms with E-state index >= 15 is 0 Å². The number of benzene rings is 3. The van der Waals surface area contributed by atoms with Crippen molar-refractivity contribution < 1.29 is 14.5 Å². The van der Waals surface area contributed by atoms with Gasteiger partial charge in [-0.05, 0) is 18.6 Å². The van der Waals surface area contributed by atoms with Crippen molar-refractivity contribution in [3.8, 4) is 0 Å². The largest absolute Gasteiger partial charge is 0.324 e. The molecule has 35 heavy (non-hydrogen) atoms. The van der Waals surface area contributed by atoms with Gasteiger partial charge in [0.15, 0.2) is 5.78 Å². The molecule has 0 bridgehead atoms. The lowest BCUT2D eigenvalue weighted by atomic mass is 9.69. The number of thioether (sulfide) groups is 1. The lowest BCUT2D eigenvalue weighted by molar-refractivity contribution is -0.384. The minimum atomic E-state index is -1.18. The summed E-state index contributed by atoms with van der Waals surface area (Å²) < 4.78 is 0. The predicted molar refractivity (Wildman–Crippen MR) is 135 cm³/mol. The first-order chi connectivity index (χ1) is 16.9. The highest BCUT2D eigenvalue weighted by molar-refractivity contribution is 7.99. The molecule has 7 nitrogen and oxygen atoms in total. The number of aryl methyl sites for hydroxylation is 1. The van der Waals surface area contributed by atoms with E-state index in [4.69, 9.17) is 0 Å². The first kappa shape index (κ1) is 22.0. The van der Waals surface area contributed by atoms with Gasteiger partial charge in [-0.25, -0.2) is 0 Å². The Morgan fingerprint density at radius 1 is 1.11 bits per heavy atom. The Kier molecular flexibility index (Phi) is 5.05. The zero-order valence-corrected chi connectivity index (χ0v) is 19.8. The summed E-state index contributed by atoms with van der Waals surface area (Å²) >= 11 is 1.72. The Labute approximate surface area is 206 Å². The molecule has 176 valence electrons. The molecule has 8 heteroatoms. The zero-order chi connectivity index (χ0) is 24.3. The van der Waals surface area contributed by atoms with Crippen molar-refractivity contribution in [2.45, 2.75) is 24.4 Å². The van der Waals surface area contributed by atoms with Gasteiger partial charge in [0.2, 0.25) is 5.91 Å². The molecule has 1 spiro atoms. The van der Waals surface area contributed by atoms with Crippen molar-refractivity contribution in [1.29, 1.82) is 0 Å². The smallest absolute Gasteiger partial charge is 0.269 e. The van der Waals surface area contributed by atoms with Crippen LogP contribution in [0, 0.1) is 23.0 Å². The molecular weight excluding hydrogens is 462 g/mol. The fourth-order valence-electron chi connectivity index (χ4n) is 6.15. The maximum absolute atomic E-state index is 14.4. The fraction of sp³-hybridized carbons (Fsp3) is 0.259. The van der Waals surface area contributed by atoms with Crippen LogP contribution >= 0.6 is 11.8 Å². The summed E-state index contributed by atoms with van der Waals surface area (Å²) in [6.45, 7) is 1.96. The Morgan fingerprint density at radius 3 is 2.66 bits per heavy atom. The summed E-state index contributed by atoms with van der Waals surface area (Å²) in [5, 5.41) is 14.6. The molecule has 0 unspecified atom stereocenters. The van der Waals surface area contributed by atoms with Crippen molar-refractivity contribution in [2.75, 3.05) is 16.9 Å². The zero-order valence-electron chi connectivity index (χ0n) is 19.0. The standard InChI is InChI=1S/C27H23N3O4S/c1-16-9-11-17(12-10-16)25(31)24-23(18-5-4-6-19(13-18)30(33)34)22-14-35-15-29(22)27(24)20-7-2-3-8-21(20)28-26(27)32/h2-13,22-24H,14-15H2,1H3,(H,28,32)/t22-,23-,24+,27+/m0/s1. The number of amides is 1. The van der Waals surface area contributed by atoms with Gasteiger partial charge in [0.05, 0.1) is 10.8 Å². The van der Waals surface area contributed by atoms with Gasteiger partial charge in [-0.2, -0.15) is 0 Å². The summed E-state index contributed by atoms with van der Waals surface area (Å²) in [7, 11) is 0. The number of anilines is 1. The number of para-hydroxylation sites is 1. The number of nitrogens with one attached hydrogen (secondary N) is 1. The molecule has 3 aliphatic heterocycles. The summed E-state index contributed by atoms with van der Waals surface area (Å²) in [6, 6.07) is 21.4. The van der Waals surface area contributed by atoms with Crippen LogP contribution in [0.25, 0.3) is 0 Å². The van der Waals surface area contributed by atoms with E-state index in [0.29, 0.717) is 11.4 Å². The van der Waals surface area contributed by atoms with Crippen LogP contribution in [0.15, 0.2) is 72.8 Å². The molecule has 3 aliphatic rings. The number of hydrogen-bond acceptors (Lipinski definition) is 6. The number of fused-ring (bicyclic) bond motifs is 4. The second-order valence-electron chi connectivity index (χ2n) is 9.39. The van der Waals surface area contributed by atoms with E-state index in [9.17, 15) is 19.7 Å². The molecule has 1 amide bonds. The van der Waals surface area contributed by atoms with E-state index in [-0.39, 0.29) is 29.3 Å². The van der Waals surface area contributed by atoms with Crippen LogP contribution in [-0.2, 0) is 10.3 Å². The Morgan fingerprint density at radius 2 is 1.89 bits per heavy atom. The number of nitro groups is 1. The van der Waals surface area contributed by atoms with Crippen molar-refractivity contribution in [1.82, 2.24) is 4.90 Å². The highest BCUT2D eigenvalue weighted by Gasteiger charge is 2.69. The van der Waals surface area contributed by atoms with E-state index in [1.807, 2.05) is 61.5 Å². The topological polar surface area (TPSA) is 92.5 Å². The van der Waals surface area contributed by atoms with Crippen molar-refractivity contribution in [3.05, 3.63) is 105 Å². The molecular formula is C27H23N3O4S. The summed E-state index contributed by atoms with van der Waals surface area (Å²) in [5.41, 5.74) is 2.63. The third kappa shape index (κ3) is 3.10. The number of non-ortho nitro benzene ring substituents is 1. The minimum Gasteiger partial charge on any atom is -0.324 e. The van der Waals surface area contributed by atoms with E-state index in [2.05, 4.69) is 10.2 Å². The normalized spacial score (nSPS) is 27.0. The fourth-order valence-corrected chi connectivity index (χ4v) is 7.47. The van der Waals surface area contributed by atoms with Gasteiger partial charge in [0.1, 0.15) is 5.54 Å². The van der Waals surface area contributed by atoms with Crippen molar-refractivity contribution in [2.24, 2.45) is 5.92 Å². The molecule has 2 saturated heterocycles. The average Bonchev–Trinajstić information content (AvgIpc) is 3.52. The first-order valence-electron chi connectivity index (χ1n) is 11.5. The highest BCUT2D eigenvalue weighted by Crippen LogP contribution is 2.61. The Hall–Kier alpha value is -3.49. The SMILES string of the molecule is Cc1ccc(C(=O)[C@H]2[C@@H](c3cccc([N+](=O)[O-])c3)[C@@H]3CSCN3[C@@]23C(=O)Nc2ccccc23)cc1. The quantitative estimate of drug-likeness (QED) is 0.327. The number of nitrogens with zero attached hydrogens (tertiary/aromatic N) is 2. The molecule has 2 fully saturated rings. The van der Waals surface area contributed by atoms with Crippen LogP contribution in [-0.4, -0.2) is 39.2 Å². The molecule has 3 aromatic carbocycles. The van der Waals surface area contributed by atoms with E-state index in [1.54, 1.807) is 23.9 Å². The van der Waals surface area contributed by atoms with E-state index < -0.39 is 16.4 Å². The maximum atomic E-state index is 14.4. The number of rotatable bonds is 4. The number of hydrogen-bond donors (Lipinski definition) is 1. The molecule has 3 heterocycles. The van der Waals surface area contributed by atoms with Gasteiger partial charge in [-0.3, -0.25) is 24.6 Å². The lowest BCUT2D eigenvalue weighted by Gasteiger charge is -2.36. The van der Waals surface area contributed by atoms with Crippen LogP contribution in [0.5, 0.6) is 0 Å². The highest BCUT2D eigenvalue weighted by atomic mass is 32.2. The number of ketones is 1. The summed E-state index contributed by atoms with van der Waals surface area (Å²) in [6.07, 6.45) is 0. The minimum absolute atomic E-state index is 0.0153. The number of carbonyl (C=O) groups is 2. The third-order valence-electron chi connectivity index (χ3n) is 7.61. The average molecular weight is 486 g/mol. The third-order valence-corrected chi connectivity index (χ3v) is 8.65. The molecule has 0 aliphatic carbocycles. The number of nitro benzene ring substituents is 1. The molecule has 6 rings (SSSR count). The Bertz CT molecular complexity index is 1370. The Balaban J connectivity index is 1.61. The van der Waals surface area contributed by atoms with E-state index in [1.165, 1.54) is 6.07 Å². The molecule has 3 aromatic rings. The van der Waals surface area contributed by atoms with Crippen LogP contribution < -0.4 is 5.32 Å². The maximum Gasteiger partial charge on any atom is 0.269 e. The van der Waals surface area contributed by atoms with Gasteiger partial charge in [0, 0.05) is 52.5 Å². The summed E-state index contributed by atoms with van der Waals surface area (Å²) in [4.78, 5) is 41.6. The van der Waals surface area contributed by atoms with Gasteiger partial charge in [-0.15, -0.1) is 11.8 Å². The molecule has 4 atom stereocenters. The van der Waals surface area contributed by atoms with Crippen molar-refractivity contribution in [3.63, 3.8) is 0 Å². The summed E-state index contributed by atoms with van der Waals surface area (Å²) in [5.74, 6) is -0.0904. The molecule has 0 aromatic heterocycles. The predicted octanol–water partition coefficient (Wildman–Crippen LogP) is 4.72. The van der Waals surface area contributed by atoms with Gasteiger partial charge >= 0.3 is 0 Å². The second kappa shape index (κ2) is 8.03. The molecule has 0 radical (unpaired) electrons. The van der Waals surface area contributed by atoms with Crippen molar-refractivity contribution >= 4 is 34.8 Å². The van der Waals surface area contributed by atoms with Crippen LogP contribution in [0.4, 0.5) is 11.4 Å². The van der Waals surface area contributed by atoms with Gasteiger partial charge in [-0.1, -0.05) is 60.2 Å². The van der Waals surface area contributed by atoms with Crippen LogP contribution in [0.1, 0.15) is 33.0 Å². The van der Waals surface area contributed by atoms with E-state index in [0.717, 1.165) is 28.1 Å². The van der Waals surface area contributed by atoms with Crippen LogP contribution in [0.3, 0.4) is 0 Å². The molecule has 1 N–H and O–H groups in total. The van der Waals surface area contributed by atoms with Gasteiger partial charge in [0.25, 0.3) is 5.69 Å². The monoisotopic (exact) mass is 485 g/mol. The molecule has 0 saturated carbocycles. The second-order valence-corrected chi connectivity index (χ2v) is 10.4. The van der Waals surface area contributed by atoms with Crippen LogP contribution in [0.2, 0.25) is 0 Å².